The van der Waals surface area contributed by atoms with E-state index in [0.29, 0.717) is 38.9 Å². The van der Waals surface area contributed by atoms with E-state index in [-0.39, 0.29) is 34.4 Å². The van der Waals surface area contributed by atoms with E-state index in [2.05, 4.69) is 47.8 Å². The first-order valence-electron chi connectivity index (χ1n) is 15.1. The lowest BCUT2D eigenvalue weighted by molar-refractivity contribution is -0.143. The third kappa shape index (κ3) is 5.78. The van der Waals surface area contributed by atoms with Gasteiger partial charge in [-0.1, -0.05) is 28.1 Å². The van der Waals surface area contributed by atoms with Crippen molar-refractivity contribution in [2.45, 2.75) is 60.4 Å². The number of carbonyl (C=O) groups is 3. The molecule has 0 aromatic heterocycles. The summed E-state index contributed by atoms with van der Waals surface area (Å²) in [5.74, 6) is -1.38. The Balaban J connectivity index is 1.74. The molecule has 1 spiro atoms. The van der Waals surface area contributed by atoms with Crippen molar-refractivity contribution in [3.63, 3.8) is 0 Å². The van der Waals surface area contributed by atoms with Crippen LogP contribution in [-0.2, 0) is 14.4 Å². The number of benzene rings is 1. The molecule has 2 bridgehead atoms. The third-order valence-corrected chi connectivity index (χ3v) is 12.2. The van der Waals surface area contributed by atoms with Crippen LogP contribution < -0.4 is 9.80 Å². The van der Waals surface area contributed by atoms with E-state index in [1.54, 1.807) is 45.7 Å². The Morgan fingerprint density at radius 3 is 2.31 bits per heavy atom. The molecule has 3 saturated heterocycles. The van der Waals surface area contributed by atoms with Gasteiger partial charge >= 0.3 is 0 Å². The van der Waals surface area contributed by atoms with Gasteiger partial charge in [-0.25, -0.2) is 0 Å². The topological polar surface area (TPSA) is 84.4 Å². The summed E-state index contributed by atoms with van der Waals surface area (Å²) in [7, 11) is 1.75. The average Bonchev–Trinajstić information content (AvgIpc) is 3.57. The Kier molecular flexibility index (Phi) is 10.9. The molecule has 1 aromatic rings. The molecular formula is C32H45BrN4O4S. The van der Waals surface area contributed by atoms with Gasteiger partial charge in [0.1, 0.15) is 6.04 Å². The third-order valence-electron chi connectivity index (χ3n) is 9.01. The molecule has 3 amide bonds. The summed E-state index contributed by atoms with van der Waals surface area (Å²) < 4.78 is -0.708. The van der Waals surface area contributed by atoms with Crippen molar-refractivity contribution in [3.8, 4) is 0 Å². The molecule has 3 heterocycles. The van der Waals surface area contributed by atoms with Crippen LogP contribution in [0.15, 0.2) is 49.6 Å². The number of carbonyl (C=O) groups excluding carboxylic acids is 3. The van der Waals surface area contributed by atoms with Crippen molar-refractivity contribution in [1.29, 1.82) is 0 Å². The quantitative estimate of drug-likeness (QED) is 0.171. The van der Waals surface area contributed by atoms with E-state index in [0.717, 1.165) is 30.9 Å². The Bertz CT molecular complexity index is 1160. The number of hydrogen-bond donors (Lipinski definition) is 1. The number of likely N-dealkylation sites (tertiary alicyclic amines) is 1. The molecule has 6 atom stereocenters. The van der Waals surface area contributed by atoms with Crippen molar-refractivity contribution in [2.75, 3.05) is 56.2 Å². The minimum atomic E-state index is -0.708. The van der Waals surface area contributed by atoms with E-state index in [9.17, 15) is 19.5 Å². The standard InChI is InChI=1S/C32H45BrN4O4S/c1-6-17-34(5)29(39)25-26-30(40)37(19-11-10-12-20-38)28(32(26)21-24(33)27(25)42-32)31(41)36(18-7-2)23-15-13-22(14-16-23)35(8-3)9-4/h6-7,13-16,24-28,38H,1-2,8-12,17-21H2,3-5H3/t24?,25-,26-,27-,28?,32?/m0/s1. The van der Waals surface area contributed by atoms with Gasteiger partial charge in [-0.2, -0.15) is 0 Å². The minimum Gasteiger partial charge on any atom is -0.396 e. The highest BCUT2D eigenvalue weighted by Crippen LogP contribution is 2.68. The zero-order valence-corrected chi connectivity index (χ0v) is 27.5. The summed E-state index contributed by atoms with van der Waals surface area (Å²) in [6, 6.07) is 7.30. The van der Waals surface area contributed by atoms with Crippen LogP contribution in [0.1, 0.15) is 39.5 Å². The molecule has 3 fully saturated rings. The van der Waals surface area contributed by atoms with Crippen LogP contribution in [0.25, 0.3) is 0 Å². The normalized spacial score (nSPS) is 27.6. The molecule has 10 heteroatoms. The minimum absolute atomic E-state index is 0.0171. The lowest BCUT2D eigenvalue weighted by Crippen LogP contribution is -2.56. The number of likely N-dealkylation sites (N-methyl/N-ethyl adjacent to an activating group) is 1. The fourth-order valence-corrected chi connectivity index (χ4v) is 10.7. The Hall–Kier alpha value is -2.30. The average molecular weight is 662 g/mol. The van der Waals surface area contributed by atoms with Crippen molar-refractivity contribution < 1.29 is 19.5 Å². The van der Waals surface area contributed by atoms with Gasteiger partial charge in [0.05, 0.1) is 16.6 Å². The van der Waals surface area contributed by atoms with Gasteiger partial charge in [0, 0.05) is 67.8 Å². The summed E-state index contributed by atoms with van der Waals surface area (Å²) in [4.78, 5) is 50.2. The maximum Gasteiger partial charge on any atom is 0.251 e. The fraction of sp³-hybridized carbons (Fsp3) is 0.594. The monoisotopic (exact) mass is 660 g/mol. The molecule has 3 aliphatic rings. The second-order valence-corrected chi connectivity index (χ2v) is 14.1. The highest BCUT2D eigenvalue weighted by atomic mass is 79.9. The molecule has 1 N–H and O–H groups in total. The van der Waals surface area contributed by atoms with Gasteiger partial charge < -0.3 is 24.7 Å². The molecule has 0 radical (unpaired) electrons. The molecule has 4 rings (SSSR count). The lowest BCUT2D eigenvalue weighted by atomic mass is 9.70. The van der Waals surface area contributed by atoms with E-state index in [4.69, 9.17) is 0 Å². The molecule has 3 aliphatic heterocycles. The molecule has 0 aliphatic carbocycles. The number of nitrogens with zero attached hydrogens (tertiary/aromatic N) is 4. The number of fused-ring (bicyclic) bond motifs is 1. The zero-order valence-electron chi connectivity index (χ0n) is 25.1. The Labute approximate surface area is 263 Å². The van der Waals surface area contributed by atoms with Crippen molar-refractivity contribution in [1.82, 2.24) is 9.80 Å². The van der Waals surface area contributed by atoms with Gasteiger partial charge in [0.2, 0.25) is 11.8 Å². The molecule has 3 unspecified atom stereocenters. The predicted molar refractivity (Wildman–Crippen MR) is 175 cm³/mol. The number of thioether (sulfide) groups is 1. The Morgan fingerprint density at radius 1 is 1.07 bits per heavy atom. The first-order valence-corrected chi connectivity index (χ1v) is 16.9. The zero-order chi connectivity index (χ0) is 30.6. The van der Waals surface area contributed by atoms with E-state index in [1.165, 1.54) is 0 Å². The summed E-state index contributed by atoms with van der Waals surface area (Å²) in [6.45, 7) is 14.9. The van der Waals surface area contributed by atoms with Crippen LogP contribution in [0.2, 0.25) is 0 Å². The van der Waals surface area contributed by atoms with Crippen LogP contribution in [0.3, 0.4) is 0 Å². The van der Waals surface area contributed by atoms with E-state index in [1.807, 2.05) is 24.3 Å². The Morgan fingerprint density at radius 2 is 1.71 bits per heavy atom. The second kappa shape index (κ2) is 14.0. The number of alkyl halides is 1. The number of halogens is 1. The number of unbranched alkanes of at least 4 members (excludes halogenated alkanes) is 2. The van der Waals surface area contributed by atoms with Crippen molar-refractivity contribution in [3.05, 3.63) is 49.6 Å². The molecule has 1 aromatic carbocycles. The van der Waals surface area contributed by atoms with Crippen LogP contribution in [0.4, 0.5) is 11.4 Å². The summed E-state index contributed by atoms with van der Waals surface area (Å²) >= 11 is 5.50. The number of amides is 3. The van der Waals surface area contributed by atoms with Crippen LogP contribution in [0.5, 0.6) is 0 Å². The van der Waals surface area contributed by atoms with Crippen molar-refractivity contribution in [2.24, 2.45) is 11.8 Å². The van der Waals surface area contributed by atoms with Gasteiger partial charge in [-0.15, -0.1) is 24.9 Å². The number of aliphatic hydroxyl groups is 1. The largest absolute Gasteiger partial charge is 0.396 e. The molecule has 230 valence electrons. The smallest absolute Gasteiger partial charge is 0.251 e. The maximum absolute atomic E-state index is 14.8. The second-order valence-electron chi connectivity index (χ2n) is 11.4. The first kappa shape index (κ1) is 32.6. The molecule has 0 saturated carbocycles. The first-order chi connectivity index (χ1) is 20.2. The molecular weight excluding hydrogens is 616 g/mol. The highest BCUT2D eigenvalue weighted by molar-refractivity contribution is 9.09. The van der Waals surface area contributed by atoms with E-state index >= 15 is 0 Å². The number of hydrogen-bond acceptors (Lipinski definition) is 6. The summed E-state index contributed by atoms with van der Waals surface area (Å²) in [5.41, 5.74) is 1.85. The SMILES string of the molecule is C=CCN(C)C(=O)[C@H]1[C@H]2C(=O)N(CCCCCO)C(C(=O)N(CC=C)c3ccc(N(CC)CC)cc3)C23CC(Br)[C@@H]1S3. The number of rotatable bonds is 15. The molecule has 42 heavy (non-hydrogen) atoms. The predicted octanol–water partition coefficient (Wildman–Crippen LogP) is 4.32. The summed E-state index contributed by atoms with van der Waals surface area (Å²) in [6.07, 6.45) is 6.12. The van der Waals surface area contributed by atoms with Crippen molar-refractivity contribution >= 4 is 56.8 Å². The number of aliphatic hydroxyl groups excluding tert-OH is 1. The highest BCUT2D eigenvalue weighted by Gasteiger charge is 2.75. The van der Waals surface area contributed by atoms with Crippen LogP contribution in [0, 0.1) is 11.8 Å². The van der Waals surface area contributed by atoms with Gasteiger partial charge in [-0.3, -0.25) is 14.4 Å². The van der Waals surface area contributed by atoms with Gasteiger partial charge in [0.15, 0.2) is 0 Å². The van der Waals surface area contributed by atoms with Gasteiger partial charge in [-0.05, 0) is 63.8 Å². The fourth-order valence-electron chi connectivity index (χ4n) is 7.07. The van der Waals surface area contributed by atoms with Crippen LogP contribution >= 0.6 is 27.7 Å². The van der Waals surface area contributed by atoms with Gasteiger partial charge in [0.25, 0.3) is 5.91 Å². The number of anilines is 2. The maximum atomic E-state index is 14.8. The molecule has 8 nitrogen and oxygen atoms in total. The van der Waals surface area contributed by atoms with Crippen LogP contribution in [-0.4, -0.2) is 99.9 Å². The van der Waals surface area contributed by atoms with E-state index < -0.39 is 22.6 Å². The lowest BCUT2D eigenvalue weighted by Gasteiger charge is -2.38. The summed E-state index contributed by atoms with van der Waals surface area (Å²) in [5, 5.41) is 9.23.